The van der Waals surface area contributed by atoms with Crippen molar-refractivity contribution in [3.05, 3.63) is 102 Å². The highest BCUT2D eigenvalue weighted by atomic mass is 15.0. The van der Waals surface area contributed by atoms with Gasteiger partial charge in [0.1, 0.15) is 0 Å². The molecule has 0 spiro atoms. The lowest BCUT2D eigenvalue weighted by Gasteiger charge is -2.40. The highest BCUT2D eigenvalue weighted by Crippen LogP contribution is 2.53. The first-order valence-electron chi connectivity index (χ1n) is 11.2. The van der Waals surface area contributed by atoms with Crippen molar-refractivity contribution in [2.45, 2.75) is 38.1 Å². The van der Waals surface area contributed by atoms with Crippen molar-refractivity contribution in [3.63, 3.8) is 0 Å². The molecule has 3 atom stereocenters. The van der Waals surface area contributed by atoms with E-state index >= 15 is 0 Å². The predicted molar refractivity (Wildman–Crippen MR) is 128 cm³/mol. The normalized spacial score (nSPS) is 22.3. The Bertz CT molecular complexity index is 1240. The second-order valence-corrected chi connectivity index (χ2v) is 9.17. The van der Waals surface area contributed by atoms with Gasteiger partial charge in [0.25, 0.3) is 0 Å². The lowest BCUT2D eigenvalue weighted by Crippen LogP contribution is -2.30. The highest BCUT2D eigenvalue weighted by molar-refractivity contribution is 6.03. The molecule has 0 saturated carbocycles. The molecule has 0 aromatic heterocycles. The van der Waals surface area contributed by atoms with Crippen LogP contribution in [-0.2, 0) is 0 Å². The van der Waals surface area contributed by atoms with Crippen LogP contribution in [0.2, 0.25) is 0 Å². The van der Waals surface area contributed by atoms with E-state index < -0.39 is 0 Å². The predicted octanol–water partition coefficient (Wildman–Crippen LogP) is 7.94. The summed E-state index contributed by atoms with van der Waals surface area (Å²) in [5.41, 5.74) is 5.73. The summed E-state index contributed by atoms with van der Waals surface area (Å²) in [5.74, 6) is 1.54. The van der Waals surface area contributed by atoms with E-state index in [1.54, 1.807) is 0 Å². The average molecular weight is 390 g/mol. The first kappa shape index (κ1) is 17.8. The first-order chi connectivity index (χ1) is 14.7. The molecule has 4 aromatic rings. The van der Waals surface area contributed by atoms with Crippen molar-refractivity contribution in [3.8, 4) is 0 Å². The number of hydrogen-bond donors (Lipinski definition) is 1. The van der Waals surface area contributed by atoms with Crippen LogP contribution in [0.15, 0.2) is 84.9 Å². The van der Waals surface area contributed by atoms with Gasteiger partial charge in [-0.2, -0.15) is 0 Å². The maximum atomic E-state index is 4.08. The Morgan fingerprint density at radius 2 is 1.53 bits per heavy atom. The zero-order valence-electron chi connectivity index (χ0n) is 17.6. The van der Waals surface area contributed by atoms with Gasteiger partial charge in [0.05, 0.1) is 6.04 Å². The van der Waals surface area contributed by atoms with Crippen LogP contribution in [0.25, 0.3) is 21.5 Å². The molecule has 4 aromatic carbocycles. The molecule has 3 unspecified atom stereocenters. The number of para-hydroxylation sites is 1. The van der Waals surface area contributed by atoms with Gasteiger partial charge in [-0.1, -0.05) is 92.7 Å². The van der Waals surface area contributed by atoms with Gasteiger partial charge in [0, 0.05) is 11.6 Å². The standard InChI is InChI=1S/C29H27N/c1-18(2)21-13-7-15-25-24-14-8-16-26(24)29(30-28(21)25)27-22-11-5-3-9-19(22)17-20-10-4-6-12-23(20)27/h3-15,17-18,24,26,29-30H,16H2,1-2H3. The van der Waals surface area contributed by atoms with Gasteiger partial charge < -0.3 is 5.32 Å². The van der Waals surface area contributed by atoms with Crippen LogP contribution in [0, 0.1) is 5.92 Å². The van der Waals surface area contributed by atoms with Crippen molar-refractivity contribution >= 4 is 27.2 Å². The van der Waals surface area contributed by atoms with E-state index in [1.807, 2.05) is 0 Å². The Labute approximate surface area is 178 Å². The topological polar surface area (TPSA) is 12.0 Å². The number of allylic oxidation sites excluding steroid dienone is 2. The lowest BCUT2D eigenvalue weighted by atomic mass is 9.74. The molecule has 1 heteroatoms. The van der Waals surface area contributed by atoms with Gasteiger partial charge in [0.2, 0.25) is 0 Å². The summed E-state index contributed by atoms with van der Waals surface area (Å²) in [7, 11) is 0. The fourth-order valence-corrected chi connectivity index (χ4v) is 5.80. The molecule has 0 fully saturated rings. The van der Waals surface area contributed by atoms with Crippen LogP contribution < -0.4 is 5.32 Å². The largest absolute Gasteiger partial charge is 0.377 e. The molecule has 2 aliphatic rings. The Hall–Kier alpha value is -3.06. The maximum Gasteiger partial charge on any atom is 0.0566 e. The Kier molecular flexibility index (Phi) is 3.99. The number of rotatable bonds is 2. The molecule has 148 valence electrons. The van der Waals surface area contributed by atoms with E-state index in [0.29, 0.717) is 23.8 Å². The third-order valence-electron chi connectivity index (χ3n) is 7.17. The third kappa shape index (κ3) is 2.55. The van der Waals surface area contributed by atoms with Gasteiger partial charge in [0.15, 0.2) is 0 Å². The summed E-state index contributed by atoms with van der Waals surface area (Å²) >= 11 is 0. The molecular weight excluding hydrogens is 362 g/mol. The van der Waals surface area contributed by atoms with Crippen molar-refractivity contribution < 1.29 is 0 Å². The molecule has 0 bridgehead atoms. The zero-order chi connectivity index (χ0) is 20.2. The number of benzene rings is 4. The summed E-state index contributed by atoms with van der Waals surface area (Å²) in [4.78, 5) is 0. The molecule has 1 nitrogen and oxygen atoms in total. The molecule has 0 saturated heterocycles. The average Bonchev–Trinajstić information content (AvgIpc) is 3.27. The van der Waals surface area contributed by atoms with E-state index in [0.717, 1.165) is 6.42 Å². The van der Waals surface area contributed by atoms with Crippen molar-refractivity contribution in [1.29, 1.82) is 0 Å². The zero-order valence-corrected chi connectivity index (χ0v) is 17.6. The van der Waals surface area contributed by atoms with Crippen LogP contribution in [0.5, 0.6) is 0 Å². The highest BCUT2D eigenvalue weighted by Gasteiger charge is 2.39. The van der Waals surface area contributed by atoms with Crippen LogP contribution in [0.3, 0.4) is 0 Å². The summed E-state index contributed by atoms with van der Waals surface area (Å²) in [5, 5.41) is 9.50. The van der Waals surface area contributed by atoms with Crippen LogP contribution in [0.4, 0.5) is 5.69 Å². The van der Waals surface area contributed by atoms with Crippen molar-refractivity contribution in [1.82, 2.24) is 0 Å². The van der Waals surface area contributed by atoms with E-state index in [4.69, 9.17) is 0 Å². The molecule has 1 aliphatic heterocycles. The molecule has 1 heterocycles. The quantitative estimate of drug-likeness (QED) is 0.271. The van der Waals surface area contributed by atoms with E-state index in [2.05, 4.69) is 104 Å². The van der Waals surface area contributed by atoms with Gasteiger partial charge in [-0.25, -0.2) is 0 Å². The van der Waals surface area contributed by atoms with E-state index in [1.165, 1.54) is 43.9 Å². The first-order valence-corrected chi connectivity index (χ1v) is 11.2. The minimum Gasteiger partial charge on any atom is -0.377 e. The van der Waals surface area contributed by atoms with Crippen LogP contribution >= 0.6 is 0 Å². The molecule has 0 radical (unpaired) electrons. The monoisotopic (exact) mass is 389 g/mol. The summed E-state index contributed by atoms with van der Waals surface area (Å²) in [6.07, 6.45) is 5.98. The molecule has 1 N–H and O–H groups in total. The van der Waals surface area contributed by atoms with Crippen molar-refractivity contribution in [2.75, 3.05) is 5.32 Å². The summed E-state index contributed by atoms with van der Waals surface area (Å²) < 4.78 is 0. The van der Waals surface area contributed by atoms with Gasteiger partial charge in [-0.3, -0.25) is 0 Å². The third-order valence-corrected chi connectivity index (χ3v) is 7.17. The second-order valence-electron chi connectivity index (χ2n) is 9.17. The van der Waals surface area contributed by atoms with Crippen LogP contribution in [-0.4, -0.2) is 0 Å². The minimum atomic E-state index is 0.299. The molecule has 6 rings (SSSR count). The SMILES string of the molecule is CC(C)c1cccc2c1NC(c1c3ccccc3cc3ccccc13)C1CC=CC21. The Morgan fingerprint density at radius 1 is 0.833 bits per heavy atom. The number of fused-ring (bicyclic) bond motifs is 5. The number of anilines is 1. The van der Waals surface area contributed by atoms with Gasteiger partial charge >= 0.3 is 0 Å². The molecule has 30 heavy (non-hydrogen) atoms. The Morgan fingerprint density at radius 3 is 2.23 bits per heavy atom. The lowest BCUT2D eigenvalue weighted by molar-refractivity contribution is 0.428. The summed E-state index contributed by atoms with van der Waals surface area (Å²) in [6, 6.07) is 27.3. The second kappa shape index (κ2) is 6.74. The van der Waals surface area contributed by atoms with Crippen molar-refractivity contribution in [2.24, 2.45) is 5.92 Å². The van der Waals surface area contributed by atoms with E-state index in [-0.39, 0.29) is 0 Å². The maximum absolute atomic E-state index is 4.08. The fraction of sp³-hybridized carbons (Fsp3) is 0.241. The fourth-order valence-electron chi connectivity index (χ4n) is 5.80. The summed E-state index contributed by atoms with van der Waals surface area (Å²) in [6.45, 7) is 4.60. The molecular formula is C29H27N. The number of nitrogens with one attached hydrogen (secondary N) is 1. The molecule has 1 aliphatic carbocycles. The van der Waals surface area contributed by atoms with Gasteiger partial charge in [-0.15, -0.1) is 0 Å². The minimum absolute atomic E-state index is 0.299. The number of hydrogen-bond acceptors (Lipinski definition) is 1. The van der Waals surface area contributed by atoms with Crippen LogP contribution in [0.1, 0.15) is 54.8 Å². The van der Waals surface area contributed by atoms with E-state index in [9.17, 15) is 0 Å². The molecule has 0 amide bonds. The Balaban J connectivity index is 1.64. The smallest absolute Gasteiger partial charge is 0.0566 e. The van der Waals surface area contributed by atoms with Gasteiger partial charge in [-0.05, 0) is 62.6 Å².